The Labute approximate surface area is 168 Å². The Balaban J connectivity index is 1.64. The lowest BCUT2D eigenvalue weighted by molar-refractivity contribution is -0.116. The number of fused-ring (bicyclic) bond motifs is 1. The predicted molar refractivity (Wildman–Crippen MR) is 117 cm³/mol. The molecule has 0 saturated carbocycles. The molecule has 4 heteroatoms. The molecular formula is C24H32N2O2. The molecule has 0 aliphatic carbocycles. The second kappa shape index (κ2) is 8.68. The van der Waals surface area contributed by atoms with Crippen molar-refractivity contribution in [3.8, 4) is 5.75 Å². The van der Waals surface area contributed by atoms with Gasteiger partial charge >= 0.3 is 0 Å². The number of hydrogen-bond acceptors (Lipinski definition) is 3. The standard InChI is InChI=1S/C24H32N2O2/c1-24(2,3)19-11-8-17(9-12-19)10-13-23(27)26-21-15-18-7-5-6-14-25-20(18)16-22(21)28-4/h8-9,11-12,15-16,25H,5-7,10,13-14H2,1-4H3,(H,26,27). The second-order valence-electron chi connectivity index (χ2n) is 8.59. The van der Waals surface area contributed by atoms with Crippen molar-refractivity contribution in [2.75, 3.05) is 24.3 Å². The third-order valence-corrected chi connectivity index (χ3v) is 5.35. The van der Waals surface area contributed by atoms with Gasteiger partial charge in [0, 0.05) is 24.7 Å². The van der Waals surface area contributed by atoms with Crippen molar-refractivity contribution in [3.05, 3.63) is 53.1 Å². The van der Waals surface area contributed by atoms with Crippen LogP contribution in [0.5, 0.6) is 5.75 Å². The predicted octanol–water partition coefficient (Wildman–Crippen LogP) is 5.31. The molecule has 2 N–H and O–H groups in total. The number of methoxy groups -OCH3 is 1. The molecule has 28 heavy (non-hydrogen) atoms. The summed E-state index contributed by atoms with van der Waals surface area (Å²) in [6.07, 6.45) is 4.52. The molecule has 0 saturated heterocycles. The Morgan fingerprint density at radius 2 is 1.89 bits per heavy atom. The van der Waals surface area contributed by atoms with Gasteiger partial charge in [0.25, 0.3) is 0 Å². The second-order valence-corrected chi connectivity index (χ2v) is 8.59. The molecule has 2 aromatic carbocycles. The highest BCUT2D eigenvalue weighted by Crippen LogP contribution is 2.34. The van der Waals surface area contributed by atoms with Gasteiger partial charge in [-0.1, -0.05) is 45.0 Å². The van der Waals surface area contributed by atoms with Gasteiger partial charge in [-0.15, -0.1) is 0 Å². The number of nitrogens with one attached hydrogen (secondary N) is 2. The minimum Gasteiger partial charge on any atom is -0.494 e. The number of amides is 1. The van der Waals surface area contributed by atoms with E-state index in [1.165, 1.54) is 16.7 Å². The molecule has 0 atom stereocenters. The van der Waals surface area contributed by atoms with Gasteiger partial charge in [-0.05, 0) is 53.9 Å². The van der Waals surface area contributed by atoms with Crippen molar-refractivity contribution in [1.29, 1.82) is 0 Å². The zero-order valence-electron chi connectivity index (χ0n) is 17.5. The fraction of sp³-hybridized carbons (Fsp3) is 0.458. The number of aryl methyl sites for hydroxylation is 2. The van der Waals surface area contributed by atoms with E-state index in [4.69, 9.17) is 4.74 Å². The third-order valence-electron chi connectivity index (χ3n) is 5.35. The van der Waals surface area contributed by atoms with E-state index in [0.29, 0.717) is 12.2 Å². The minimum absolute atomic E-state index is 0.0136. The molecular weight excluding hydrogens is 348 g/mol. The van der Waals surface area contributed by atoms with Crippen molar-refractivity contribution in [1.82, 2.24) is 0 Å². The molecule has 4 nitrogen and oxygen atoms in total. The summed E-state index contributed by atoms with van der Waals surface area (Å²) in [5, 5.41) is 6.50. The Morgan fingerprint density at radius 3 is 2.57 bits per heavy atom. The third kappa shape index (κ3) is 5.06. The van der Waals surface area contributed by atoms with Crippen LogP contribution in [0.1, 0.15) is 56.7 Å². The Hall–Kier alpha value is -2.49. The number of carbonyl (C=O) groups excluding carboxylic acids is 1. The van der Waals surface area contributed by atoms with Crippen LogP contribution in [0.25, 0.3) is 0 Å². The highest BCUT2D eigenvalue weighted by Gasteiger charge is 2.15. The molecule has 150 valence electrons. The van der Waals surface area contributed by atoms with E-state index in [1.807, 2.05) is 6.07 Å². The fourth-order valence-electron chi connectivity index (χ4n) is 3.57. The van der Waals surface area contributed by atoms with Crippen LogP contribution in [-0.2, 0) is 23.1 Å². The lowest BCUT2D eigenvalue weighted by atomic mass is 9.86. The van der Waals surface area contributed by atoms with Crippen LogP contribution in [-0.4, -0.2) is 19.6 Å². The number of anilines is 2. The van der Waals surface area contributed by atoms with Gasteiger partial charge in [0.15, 0.2) is 0 Å². The van der Waals surface area contributed by atoms with E-state index in [0.717, 1.165) is 43.6 Å². The van der Waals surface area contributed by atoms with Crippen LogP contribution in [0.15, 0.2) is 36.4 Å². The summed E-state index contributed by atoms with van der Waals surface area (Å²) in [5.74, 6) is 0.718. The zero-order chi connectivity index (χ0) is 20.1. The first-order valence-corrected chi connectivity index (χ1v) is 10.2. The fourth-order valence-corrected chi connectivity index (χ4v) is 3.57. The number of hydrogen-bond donors (Lipinski definition) is 2. The highest BCUT2D eigenvalue weighted by atomic mass is 16.5. The number of benzene rings is 2. The summed E-state index contributed by atoms with van der Waals surface area (Å²) in [6.45, 7) is 7.60. The quantitative estimate of drug-likeness (QED) is 0.739. The molecule has 0 unspecified atom stereocenters. The summed E-state index contributed by atoms with van der Waals surface area (Å²) in [4.78, 5) is 12.5. The lowest BCUT2D eigenvalue weighted by Gasteiger charge is -2.19. The van der Waals surface area contributed by atoms with Crippen LogP contribution in [0.4, 0.5) is 11.4 Å². The Bertz CT molecular complexity index is 820. The van der Waals surface area contributed by atoms with Crippen LogP contribution >= 0.6 is 0 Å². The topological polar surface area (TPSA) is 50.4 Å². The van der Waals surface area contributed by atoms with E-state index in [9.17, 15) is 4.79 Å². The molecule has 1 aliphatic rings. The summed E-state index contributed by atoms with van der Waals surface area (Å²) >= 11 is 0. The summed E-state index contributed by atoms with van der Waals surface area (Å²) in [6, 6.07) is 12.6. The van der Waals surface area contributed by atoms with Gasteiger partial charge in [0.05, 0.1) is 12.8 Å². The van der Waals surface area contributed by atoms with Gasteiger partial charge in [-0.3, -0.25) is 4.79 Å². The number of ether oxygens (including phenoxy) is 1. The highest BCUT2D eigenvalue weighted by molar-refractivity contribution is 5.93. The molecule has 0 spiro atoms. The van der Waals surface area contributed by atoms with Gasteiger partial charge in [-0.25, -0.2) is 0 Å². The van der Waals surface area contributed by atoms with E-state index in [-0.39, 0.29) is 11.3 Å². The summed E-state index contributed by atoms with van der Waals surface area (Å²) in [5.41, 5.74) is 5.76. The molecule has 2 aromatic rings. The first-order chi connectivity index (χ1) is 13.4. The molecule has 0 aromatic heterocycles. The van der Waals surface area contributed by atoms with Crippen molar-refractivity contribution >= 4 is 17.3 Å². The molecule has 0 fully saturated rings. The largest absolute Gasteiger partial charge is 0.494 e. The summed E-state index contributed by atoms with van der Waals surface area (Å²) in [7, 11) is 1.64. The van der Waals surface area contributed by atoms with Gasteiger partial charge in [0.1, 0.15) is 5.75 Å². The molecule has 3 rings (SSSR count). The SMILES string of the molecule is COc1cc2c(cc1NC(=O)CCc1ccc(C(C)(C)C)cc1)CCCCN2. The Kier molecular flexibility index (Phi) is 6.28. The van der Waals surface area contributed by atoms with Crippen LogP contribution < -0.4 is 15.4 Å². The average molecular weight is 381 g/mol. The average Bonchev–Trinajstić information content (AvgIpc) is 2.90. The zero-order valence-corrected chi connectivity index (χ0v) is 17.5. The lowest BCUT2D eigenvalue weighted by Crippen LogP contribution is -2.14. The van der Waals surface area contributed by atoms with Crippen molar-refractivity contribution in [2.24, 2.45) is 0 Å². The number of carbonyl (C=O) groups is 1. The molecule has 1 heterocycles. The van der Waals surface area contributed by atoms with Crippen LogP contribution in [0.2, 0.25) is 0 Å². The minimum atomic E-state index is 0.0136. The summed E-state index contributed by atoms with van der Waals surface area (Å²) < 4.78 is 5.51. The maximum Gasteiger partial charge on any atom is 0.224 e. The number of rotatable bonds is 5. The van der Waals surface area contributed by atoms with E-state index in [2.05, 4.69) is 61.7 Å². The van der Waals surface area contributed by atoms with Gasteiger partial charge < -0.3 is 15.4 Å². The van der Waals surface area contributed by atoms with Crippen LogP contribution in [0, 0.1) is 0 Å². The maximum atomic E-state index is 12.5. The monoisotopic (exact) mass is 380 g/mol. The maximum absolute atomic E-state index is 12.5. The molecule has 1 amide bonds. The first-order valence-electron chi connectivity index (χ1n) is 10.2. The smallest absolute Gasteiger partial charge is 0.224 e. The Morgan fingerprint density at radius 1 is 1.14 bits per heavy atom. The van der Waals surface area contributed by atoms with E-state index >= 15 is 0 Å². The molecule has 0 bridgehead atoms. The normalized spacial score (nSPS) is 13.9. The molecule has 1 aliphatic heterocycles. The first kappa shape index (κ1) is 20.2. The van der Waals surface area contributed by atoms with Crippen LogP contribution in [0.3, 0.4) is 0 Å². The van der Waals surface area contributed by atoms with E-state index < -0.39 is 0 Å². The van der Waals surface area contributed by atoms with Crippen molar-refractivity contribution in [3.63, 3.8) is 0 Å². The van der Waals surface area contributed by atoms with Gasteiger partial charge in [0.2, 0.25) is 5.91 Å². The van der Waals surface area contributed by atoms with Gasteiger partial charge in [-0.2, -0.15) is 0 Å². The van der Waals surface area contributed by atoms with Crippen molar-refractivity contribution in [2.45, 2.75) is 58.3 Å². The molecule has 0 radical (unpaired) electrons. The van der Waals surface area contributed by atoms with Crippen molar-refractivity contribution < 1.29 is 9.53 Å². The van der Waals surface area contributed by atoms with E-state index in [1.54, 1.807) is 7.11 Å².